The Morgan fingerprint density at radius 1 is 1.24 bits per heavy atom. The van der Waals surface area contributed by atoms with E-state index in [0.29, 0.717) is 17.1 Å². The highest BCUT2D eigenvalue weighted by atomic mass is 79.9. The van der Waals surface area contributed by atoms with Gasteiger partial charge in [0.1, 0.15) is 11.4 Å². The number of aromatic nitrogens is 2. The van der Waals surface area contributed by atoms with Gasteiger partial charge in [-0.2, -0.15) is 10.2 Å². The molecule has 0 aliphatic rings. The average molecular weight is 399 g/mol. The summed E-state index contributed by atoms with van der Waals surface area (Å²) in [6, 6.07) is 16.7. The van der Waals surface area contributed by atoms with Crippen LogP contribution in [0.15, 0.2) is 64.2 Å². The van der Waals surface area contributed by atoms with E-state index in [9.17, 15) is 4.79 Å². The molecule has 1 aromatic heterocycles. The van der Waals surface area contributed by atoms with Crippen molar-refractivity contribution >= 4 is 28.1 Å². The third-order valence-corrected chi connectivity index (χ3v) is 4.00. The molecule has 3 rings (SSSR count). The monoisotopic (exact) mass is 398 g/mol. The SMILES string of the molecule is COc1ccccc1/C=N/NC(=O)c1cc(-c2ccc(Br)cc2)n[nH]1. The number of rotatable bonds is 5. The molecular formula is C18H15BrN4O2. The maximum atomic E-state index is 12.2. The molecule has 0 saturated heterocycles. The van der Waals surface area contributed by atoms with Gasteiger partial charge in [0.05, 0.1) is 19.0 Å². The Kier molecular flexibility index (Phi) is 5.25. The summed E-state index contributed by atoms with van der Waals surface area (Å²) in [5, 5.41) is 10.8. The summed E-state index contributed by atoms with van der Waals surface area (Å²) in [6.45, 7) is 0. The van der Waals surface area contributed by atoms with Crippen LogP contribution in [0.25, 0.3) is 11.3 Å². The molecule has 0 bridgehead atoms. The number of ether oxygens (including phenoxy) is 1. The van der Waals surface area contributed by atoms with Crippen LogP contribution in [-0.4, -0.2) is 29.4 Å². The number of para-hydroxylation sites is 1. The van der Waals surface area contributed by atoms with Gasteiger partial charge in [-0.05, 0) is 30.3 Å². The third kappa shape index (κ3) is 4.13. The number of nitrogens with zero attached hydrogens (tertiary/aromatic N) is 2. The molecule has 0 fully saturated rings. The number of aromatic amines is 1. The number of benzene rings is 2. The predicted octanol–water partition coefficient (Wildman–Crippen LogP) is 3.61. The van der Waals surface area contributed by atoms with Crippen LogP contribution in [0.4, 0.5) is 0 Å². The Labute approximate surface area is 153 Å². The van der Waals surface area contributed by atoms with Crippen LogP contribution in [0.5, 0.6) is 5.75 Å². The highest BCUT2D eigenvalue weighted by Gasteiger charge is 2.10. The fraction of sp³-hybridized carbons (Fsp3) is 0.0556. The molecule has 7 heteroatoms. The smallest absolute Gasteiger partial charge is 0.289 e. The number of amides is 1. The lowest BCUT2D eigenvalue weighted by molar-refractivity contribution is 0.0950. The lowest BCUT2D eigenvalue weighted by atomic mass is 10.1. The number of carbonyl (C=O) groups is 1. The van der Waals surface area contributed by atoms with Crippen molar-refractivity contribution in [1.82, 2.24) is 15.6 Å². The lowest BCUT2D eigenvalue weighted by Crippen LogP contribution is -2.18. The molecule has 25 heavy (non-hydrogen) atoms. The number of H-pyrrole nitrogens is 1. The van der Waals surface area contributed by atoms with Crippen molar-refractivity contribution < 1.29 is 9.53 Å². The van der Waals surface area contributed by atoms with Crippen molar-refractivity contribution in [2.75, 3.05) is 7.11 Å². The lowest BCUT2D eigenvalue weighted by Gasteiger charge is -2.02. The molecule has 2 aromatic carbocycles. The van der Waals surface area contributed by atoms with Crippen LogP contribution >= 0.6 is 15.9 Å². The zero-order chi connectivity index (χ0) is 17.6. The highest BCUT2D eigenvalue weighted by Crippen LogP contribution is 2.20. The number of nitrogens with one attached hydrogen (secondary N) is 2. The molecular weight excluding hydrogens is 384 g/mol. The maximum Gasteiger partial charge on any atom is 0.289 e. The maximum absolute atomic E-state index is 12.2. The van der Waals surface area contributed by atoms with Crippen molar-refractivity contribution in [2.45, 2.75) is 0 Å². The van der Waals surface area contributed by atoms with Gasteiger partial charge in [-0.15, -0.1) is 0 Å². The molecule has 0 saturated carbocycles. The van der Waals surface area contributed by atoms with E-state index in [1.807, 2.05) is 48.5 Å². The second kappa shape index (κ2) is 7.76. The Balaban J connectivity index is 1.68. The van der Waals surface area contributed by atoms with Crippen LogP contribution in [0, 0.1) is 0 Å². The van der Waals surface area contributed by atoms with Crippen molar-refractivity contribution in [3.05, 3.63) is 70.3 Å². The fourth-order valence-electron chi connectivity index (χ4n) is 2.20. The van der Waals surface area contributed by atoms with E-state index in [2.05, 4.69) is 36.7 Å². The Morgan fingerprint density at radius 2 is 2.00 bits per heavy atom. The van der Waals surface area contributed by atoms with E-state index in [4.69, 9.17) is 4.74 Å². The Hall–Kier alpha value is -2.93. The minimum absolute atomic E-state index is 0.329. The second-order valence-electron chi connectivity index (χ2n) is 5.11. The largest absolute Gasteiger partial charge is 0.496 e. The first-order chi connectivity index (χ1) is 12.2. The summed E-state index contributed by atoms with van der Waals surface area (Å²) in [6.07, 6.45) is 1.53. The zero-order valence-electron chi connectivity index (χ0n) is 13.4. The van der Waals surface area contributed by atoms with Gasteiger partial charge in [0, 0.05) is 15.6 Å². The standard InChI is InChI=1S/C18H15BrN4O2/c1-25-17-5-3-2-4-13(17)11-20-23-18(24)16-10-15(21-22-16)12-6-8-14(19)9-7-12/h2-11H,1H3,(H,21,22)(H,23,24)/b20-11+. The summed E-state index contributed by atoms with van der Waals surface area (Å²) >= 11 is 3.39. The molecule has 0 atom stereocenters. The van der Waals surface area contributed by atoms with Gasteiger partial charge in [-0.25, -0.2) is 5.43 Å². The minimum Gasteiger partial charge on any atom is -0.496 e. The van der Waals surface area contributed by atoms with E-state index in [0.717, 1.165) is 15.6 Å². The Morgan fingerprint density at radius 3 is 2.76 bits per heavy atom. The van der Waals surface area contributed by atoms with Crippen LogP contribution < -0.4 is 10.2 Å². The summed E-state index contributed by atoms with van der Waals surface area (Å²) in [4.78, 5) is 12.2. The van der Waals surface area contributed by atoms with Gasteiger partial charge in [0.15, 0.2) is 0 Å². The molecule has 6 nitrogen and oxygen atoms in total. The van der Waals surface area contributed by atoms with Crippen molar-refractivity contribution in [3.8, 4) is 17.0 Å². The van der Waals surface area contributed by atoms with E-state index in [1.54, 1.807) is 13.2 Å². The van der Waals surface area contributed by atoms with Crippen LogP contribution in [-0.2, 0) is 0 Å². The minimum atomic E-state index is -0.373. The average Bonchev–Trinajstić information content (AvgIpc) is 3.13. The Bertz CT molecular complexity index is 903. The topological polar surface area (TPSA) is 79.4 Å². The van der Waals surface area contributed by atoms with Crippen molar-refractivity contribution in [2.24, 2.45) is 5.10 Å². The van der Waals surface area contributed by atoms with Crippen LogP contribution in [0.2, 0.25) is 0 Å². The molecule has 0 aliphatic heterocycles. The molecule has 0 aliphatic carbocycles. The summed E-state index contributed by atoms with van der Waals surface area (Å²) < 4.78 is 6.21. The molecule has 0 radical (unpaired) electrons. The van der Waals surface area contributed by atoms with E-state index in [-0.39, 0.29) is 5.91 Å². The molecule has 0 spiro atoms. The van der Waals surface area contributed by atoms with Gasteiger partial charge in [0.2, 0.25) is 0 Å². The second-order valence-corrected chi connectivity index (χ2v) is 6.03. The first-order valence-corrected chi connectivity index (χ1v) is 8.24. The van der Waals surface area contributed by atoms with E-state index >= 15 is 0 Å². The molecule has 1 amide bonds. The van der Waals surface area contributed by atoms with Crippen LogP contribution in [0.3, 0.4) is 0 Å². The quantitative estimate of drug-likeness (QED) is 0.508. The van der Waals surface area contributed by atoms with Crippen LogP contribution in [0.1, 0.15) is 16.1 Å². The van der Waals surface area contributed by atoms with Crippen molar-refractivity contribution in [1.29, 1.82) is 0 Å². The molecule has 0 unspecified atom stereocenters. The zero-order valence-corrected chi connectivity index (χ0v) is 14.9. The van der Waals surface area contributed by atoms with E-state index < -0.39 is 0 Å². The normalized spacial score (nSPS) is 10.8. The van der Waals surface area contributed by atoms with Gasteiger partial charge >= 0.3 is 0 Å². The number of hydrogen-bond donors (Lipinski definition) is 2. The van der Waals surface area contributed by atoms with Gasteiger partial charge in [-0.3, -0.25) is 9.89 Å². The molecule has 2 N–H and O–H groups in total. The molecule has 1 heterocycles. The summed E-state index contributed by atoms with van der Waals surface area (Å²) in [5.74, 6) is 0.307. The number of hydrazone groups is 1. The number of carbonyl (C=O) groups excluding carboxylic acids is 1. The number of methoxy groups -OCH3 is 1. The van der Waals surface area contributed by atoms with Crippen molar-refractivity contribution in [3.63, 3.8) is 0 Å². The number of hydrogen-bond acceptors (Lipinski definition) is 4. The third-order valence-electron chi connectivity index (χ3n) is 3.47. The first kappa shape index (κ1) is 16.9. The fourth-order valence-corrected chi connectivity index (χ4v) is 2.46. The molecule has 126 valence electrons. The van der Waals surface area contributed by atoms with E-state index in [1.165, 1.54) is 6.21 Å². The number of halogens is 1. The molecule has 3 aromatic rings. The highest BCUT2D eigenvalue weighted by molar-refractivity contribution is 9.10. The first-order valence-electron chi connectivity index (χ1n) is 7.45. The summed E-state index contributed by atoms with van der Waals surface area (Å²) in [5.41, 5.74) is 5.17. The predicted molar refractivity (Wildman–Crippen MR) is 99.8 cm³/mol. The van der Waals surface area contributed by atoms with Gasteiger partial charge < -0.3 is 4.74 Å². The van der Waals surface area contributed by atoms with Gasteiger partial charge in [-0.1, -0.05) is 40.2 Å². The summed E-state index contributed by atoms with van der Waals surface area (Å²) in [7, 11) is 1.58. The van der Waals surface area contributed by atoms with Gasteiger partial charge in [0.25, 0.3) is 5.91 Å².